The number of carbonyl (C=O) groups excluding carboxylic acids is 1. The lowest BCUT2D eigenvalue weighted by Gasteiger charge is -2.05. The highest BCUT2D eigenvalue weighted by Crippen LogP contribution is 2.33. The highest BCUT2D eigenvalue weighted by Gasteiger charge is 2.31. The van der Waals surface area contributed by atoms with E-state index in [0.29, 0.717) is 5.92 Å². The van der Waals surface area contributed by atoms with Crippen LogP contribution < -0.4 is 0 Å². The molecule has 0 aromatic carbocycles. The van der Waals surface area contributed by atoms with Crippen molar-refractivity contribution < 1.29 is 14.6 Å². The molecule has 0 radical (unpaired) electrons. The fourth-order valence-electron chi connectivity index (χ4n) is 0.902. The minimum Gasteiger partial charge on any atom is -0.469 e. The average Bonchev–Trinajstić information content (AvgIpc) is 2.68. The highest BCUT2D eigenvalue weighted by molar-refractivity contribution is 5.69. The van der Waals surface area contributed by atoms with Crippen LogP contribution in [0.25, 0.3) is 0 Å². The Kier molecular flexibility index (Phi) is 2.27. The van der Waals surface area contributed by atoms with E-state index in [9.17, 15) is 9.90 Å². The Hall–Kier alpha value is -0.570. The van der Waals surface area contributed by atoms with Crippen LogP contribution in [0.2, 0.25) is 0 Å². The summed E-state index contributed by atoms with van der Waals surface area (Å²) in [5.41, 5.74) is 0. The summed E-state index contributed by atoms with van der Waals surface area (Å²) in [6.45, 7) is 0. The molecule has 3 heteroatoms. The third-order valence-electron chi connectivity index (χ3n) is 1.77. The van der Waals surface area contributed by atoms with Crippen molar-refractivity contribution in [1.82, 2.24) is 0 Å². The van der Waals surface area contributed by atoms with Gasteiger partial charge in [0.1, 0.15) is 0 Å². The molecule has 0 heterocycles. The summed E-state index contributed by atoms with van der Waals surface area (Å²) in [6.07, 6.45) is 1.80. The molecule has 0 aromatic rings. The fraction of sp³-hybridized carbons (Fsp3) is 0.857. The summed E-state index contributed by atoms with van der Waals surface area (Å²) >= 11 is 0. The van der Waals surface area contributed by atoms with E-state index in [2.05, 4.69) is 4.74 Å². The lowest BCUT2D eigenvalue weighted by molar-refractivity contribution is -0.143. The van der Waals surface area contributed by atoms with E-state index in [1.807, 2.05) is 0 Å². The second kappa shape index (κ2) is 3.01. The zero-order valence-corrected chi connectivity index (χ0v) is 6.04. The third kappa shape index (κ3) is 1.99. The molecule has 58 valence electrons. The van der Waals surface area contributed by atoms with Crippen molar-refractivity contribution >= 4 is 5.97 Å². The molecule has 0 saturated heterocycles. The Balaban J connectivity index is 2.16. The molecule has 0 spiro atoms. The van der Waals surface area contributed by atoms with E-state index in [-0.39, 0.29) is 12.4 Å². The van der Waals surface area contributed by atoms with Crippen LogP contribution in [0.4, 0.5) is 0 Å². The van der Waals surface area contributed by atoms with Crippen LogP contribution in [0, 0.1) is 5.92 Å². The van der Waals surface area contributed by atoms with Crippen LogP contribution in [0.5, 0.6) is 0 Å². The van der Waals surface area contributed by atoms with Crippen molar-refractivity contribution in [3.05, 3.63) is 0 Å². The average molecular weight is 144 g/mol. The van der Waals surface area contributed by atoms with Crippen LogP contribution in [0.1, 0.15) is 19.3 Å². The van der Waals surface area contributed by atoms with Gasteiger partial charge in [0.2, 0.25) is 0 Å². The first kappa shape index (κ1) is 7.54. The molecule has 1 N–H and O–H groups in total. The van der Waals surface area contributed by atoms with Gasteiger partial charge in [-0.3, -0.25) is 4.79 Å². The van der Waals surface area contributed by atoms with Gasteiger partial charge in [-0.2, -0.15) is 0 Å². The number of carbonyl (C=O) groups is 1. The minimum absolute atomic E-state index is 0.154. The van der Waals surface area contributed by atoms with Crippen molar-refractivity contribution in [1.29, 1.82) is 0 Å². The topological polar surface area (TPSA) is 46.5 Å². The number of rotatable bonds is 3. The number of hydrogen-bond acceptors (Lipinski definition) is 3. The van der Waals surface area contributed by atoms with Crippen molar-refractivity contribution in [2.45, 2.75) is 25.4 Å². The van der Waals surface area contributed by atoms with Gasteiger partial charge in [-0.05, 0) is 18.8 Å². The molecule has 0 aromatic heterocycles. The summed E-state index contributed by atoms with van der Waals surface area (Å²) in [7, 11) is 1.34. The van der Waals surface area contributed by atoms with Crippen molar-refractivity contribution in [2.75, 3.05) is 7.11 Å². The standard InChI is InChI=1S/C7H12O3/c1-10-7(9)4-6(8)5-2-3-5/h5-6,8H,2-4H2,1H3/t6-/m1/s1. The van der Waals surface area contributed by atoms with E-state index < -0.39 is 6.10 Å². The first-order valence-electron chi connectivity index (χ1n) is 3.49. The molecule has 1 rings (SSSR count). The molecule has 1 aliphatic carbocycles. The molecule has 0 unspecified atom stereocenters. The number of methoxy groups -OCH3 is 1. The quantitative estimate of drug-likeness (QED) is 0.580. The molecular formula is C7H12O3. The maximum atomic E-state index is 10.6. The second-order valence-electron chi connectivity index (χ2n) is 2.69. The van der Waals surface area contributed by atoms with Gasteiger partial charge in [0, 0.05) is 0 Å². The van der Waals surface area contributed by atoms with E-state index >= 15 is 0 Å². The van der Waals surface area contributed by atoms with Gasteiger partial charge < -0.3 is 9.84 Å². The maximum Gasteiger partial charge on any atom is 0.308 e. The highest BCUT2D eigenvalue weighted by atomic mass is 16.5. The van der Waals surface area contributed by atoms with Crippen LogP contribution in [-0.4, -0.2) is 24.3 Å². The molecule has 1 saturated carbocycles. The molecule has 1 aliphatic rings. The molecule has 10 heavy (non-hydrogen) atoms. The van der Waals surface area contributed by atoms with E-state index in [4.69, 9.17) is 0 Å². The smallest absolute Gasteiger partial charge is 0.308 e. The fourth-order valence-corrected chi connectivity index (χ4v) is 0.902. The first-order valence-corrected chi connectivity index (χ1v) is 3.49. The second-order valence-corrected chi connectivity index (χ2v) is 2.69. The number of aliphatic hydroxyl groups excluding tert-OH is 1. The SMILES string of the molecule is COC(=O)C[C@@H](O)C1CC1. The largest absolute Gasteiger partial charge is 0.469 e. The lowest BCUT2D eigenvalue weighted by Crippen LogP contribution is -2.16. The zero-order valence-electron chi connectivity index (χ0n) is 6.04. The summed E-state index contributed by atoms with van der Waals surface area (Å²) < 4.78 is 4.40. The maximum absolute atomic E-state index is 10.6. The van der Waals surface area contributed by atoms with Crippen LogP contribution in [0.3, 0.4) is 0 Å². The molecule has 3 nitrogen and oxygen atoms in total. The first-order chi connectivity index (χ1) is 4.74. The molecule has 1 fully saturated rings. The zero-order chi connectivity index (χ0) is 7.56. The number of esters is 1. The molecule has 1 atom stereocenters. The van der Waals surface area contributed by atoms with E-state index in [1.165, 1.54) is 7.11 Å². The monoisotopic (exact) mass is 144 g/mol. The predicted octanol–water partition coefficient (Wildman–Crippen LogP) is 0.320. The van der Waals surface area contributed by atoms with Gasteiger partial charge in [-0.1, -0.05) is 0 Å². The van der Waals surface area contributed by atoms with Crippen LogP contribution in [0.15, 0.2) is 0 Å². The third-order valence-corrected chi connectivity index (χ3v) is 1.77. The number of ether oxygens (including phenoxy) is 1. The van der Waals surface area contributed by atoms with Gasteiger partial charge in [0.15, 0.2) is 0 Å². The van der Waals surface area contributed by atoms with Crippen LogP contribution >= 0.6 is 0 Å². The Bertz CT molecular complexity index is 129. The lowest BCUT2D eigenvalue weighted by atomic mass is 10.2. The summed E-state index contributed by atoms with van der Waals surface area (Å²) in [5.74, 6) is 0.0403. The van der Waals surface area contributed by atoms with Crippen LogP contribution in [-0.2, 0) is 9.53 Å². The predicted molar refractivity (Wildman–Crippen MR) is 35.4 cm³/mol. The van der Waals surface area contributed by atoms with E-state index in [1.54, 1.807) is 0 Å². The number of aliphatic hydroxyl groups is 1. The number of hydrogen-bond donors (Lipinski definition) is 1. The van der Waals surface area contributed by atoms with Crippen molar-refractivity contribution in [3.63, 3.8) is 0 Å². The van der Waals surface area contributed by atoms with Gasteiger partial charge >= 0.3 is 5.97 Å². The molecule has 0 amide bonds. The van der Waals surface area contributed by atoms with Gasteiger partial charge in [-0.25, -0.2) is 0 Å². The molecule has 0 aliphatic heterocycles. The van der Waals surface area contributed by atoms with Crippen molar-refractivity contribution in [2.24, 2.45) is 5.92 Å². The minimum atomic E-state index is -0.465. The molecule has 0 bridgehead atoms. The van der Waals surface area contributed by atoms with Gasteiger partial charge in [0.25, 0.3) is 0 Å². The van der Waals surface area contributed by atoms with Crippen molar-refractivity contribution in [3.8, 4) is 0 Å². The Morgan fingerprint density at radius 2 is 2.40 bits per heavy atom. The Morgan fingerprint density at radius 3 is 2.80 bits per heavy atom. The summed E-state index contributed by atoms with van der Waals surface area (Å²) in [4.78, 5) is 10.6. The van der Waals surface area contributed by atoms with Gasteiger partial charge in [-0.15, -0.1) is 0 Å². The Morgan fingerprint density at radius 1 is 1.80 bits per heavy atom. The summed E-state index contributed by atoms with van der Waals surface area (Å²) in [6, 6.07) is 0. The molecular weight excluding hydrogens is 132 g/mol. The van der Waals surface area contributed by atoms with Gasteiger partial charge in [0.05, 0.1) is 19.6 Å². The summed E-state index contributed by atoms with van der Waals surface area (Å²) in [5, 5.41) is 9.19. The van der Waals surface area contributed by atoms with E-state index in [0.717, 1.165) is 12.8 Å². The normalized spacial score (nSPS) is 20.2. The Labute approximate surface area is 60.0 Å².